The Balaban J connectivity index is 2.71. The van der Waals surface area contributed by atoms with Gasteiger partial charge in [-0.1, -0.05) is 12.1 Å². The standard InChI is InChI=1S/C13H18FN3/c1-16(2)8-9-17(3)13(10-15)11-4-6-12(14)7-5-11/h4-7,13H,8-9H2,1-3H3. The highest BCUT2D eigenvalue weighted by molar-refractivity contribution is 5.24. The van der Waals surface area contributed by atoms with E-state index in [4.69, 9.17) is 0 Å². The Morgan fingerprint density at radius 3 is 2.24 bits per heavy atom. The SMILES string of the molecule is CN(C)CCN(C)C(C#N)c1ccc(F)cc1. The molecule has 17 heavy (non-hydrogen) atoms. The van der Waals surface area contributed by atoms with Crippen LogP contribution in [0.5, 0.6) is 0 Å². The summed E-state index contributed by atoms with van der Waals surface area (Å²) in [5.41, 5.74) is 0.829. The molecule has 92 valence electrons. The third kappa shape index (κ3) is 4.14. The lowest BCUT2D eigenvalue weighted by molar-refractivity contribution is 0.253. The molecule has 0 heterocycles. The number of benzene rings is 1. The van der Waals surface area contributed by atoms with Gasteiger partial charge in [0.05, 0.1) is 6.07 Å². The molecule has 0 saturated heterocycles. The maximum atomic E-state index is 12.8. The highest BCUT2D eigenvalue weighted by Gasteiger charge is 2.16. The molecule has 0 aliphatic rings. The van der Waals surface area contributed by atoms with Gasteiger partial charge in [0.1, 0.15) is 11.9 Å². The minimum absolute atomic E-state index is 0.276. The van der Waals surface area contributed by atoms with Crippen LogP contribution >= 0.6 is 0 Å². The van der Waals surface area contributed by atoms with Gasteiger partial charge in [-0.3, -0.25) is 4.90 Å². The van der Waals surface area contributed by atoms with E-state index in [-0.39, 0.29) is 11.9 Å². The summed E-state index contributed by atoms with van der Waals surface area (Å²) in [7, 11) is 5.89. The Hall–Kier alpha value is -1.44. The van der Waals surface area contributed by atoms with Gasteiger partial charge in [-0.2, -0.15) is 5.26 Å². The molecule has 0 N–H and O–H groups in total. The van der Waals surface area contributed by atoms with Crippen molar-refractivity contribution in [2.45, 2.75) is 6.04 Å². The molecule has 1 aromatic carbocycles. The van der Waals surface area contributed by atoms with Gasteiger partial charge < -0.3 is 4.90 Å². The number of hydrogen-bond acceptors (Lipinski definition) is 3. The van der Waals surface area contributed by atoms with Gasteiger partial charge in [-0.25, -0.2) is 4.39 Å². The molecule has 0 fully saturated rings. The quantitative estimate of drug-likeness (QED) is 0.780. The summed E-state index contributed by atoms with van der Waals surface area (Å²) in [4.78, 5) is 4.03. The van der Waals surface area contributed by atoms with E-state index in [1.54, 1.807) is 12.1 Å². The average Bonchev–Trinajstić information content (AvgIpc) is 2.30. The molecule has 3 nitrogen and oxygen atoms in total. The first-order valence-corrected chi connectivity index (χ1v) is 5.54. The second kappa shape index (κ2) is 6.33. The smallest absolute Gasteiger partial charge is 0.123 e. The molecule has 0 saturated carbocycles. The van der Waals surface area contributed by atoms with E-state index in [2.05, 4.69) is 11.0 Å². The molecule has 1 atom stereocenters. The summed E-state index contributed by atoms with van der Waals surface area (Å²) in [6, 6.07) is 8.02. The summed E-state index contributed by atoms with van der Waals surface area (Å²) in [5, 5.41) is 9.19. The zero-order valence-electron chi connectivity index (χ0n) is 10.5. The molecule has 0 aliphatic heterocycles. The summed E-state index contributed by atoms with van der Waals surface area (Å²) in [6.07, 6.45) is 0. The Morgan fingerprint density at radius 2 is 1.76 bits per heavy atom. The number of nitriles is 1. The van der Waals surface area contributed by atoms with Crippen LogP contribution in [0, 0.1) is 17.1 Å². The van der Waals surface area contributed by atoms with Gasteiger partial charge in [-0.05, 0) is 38.8 Å². The summed E-state index contributed by atoms with van der Waals surface area (Å²) in [6.45, 7) is 1.68. The predicted molar refractivity (Wildman–Crippen MR) is 65.9 cm³/mol. The van der Waals surface area contributed by atoms with E-state index in [0.717, 1.165) is 18.7 Å². The Bertz CT molecular complexity index is 381. The second-order valence-corrected chi connectivity index (χ2v) is 4.37. The molecule has 0 amide bonds. The minimum Gasteiger partial charge on any atom is -0.308 e. The molecular formula is C13H18FN3. The molecule has 0 aromatic heterocycles. The van der Waals surface area contributed by atoms with Crippen molar-refractivity contribution in [1.82, 2.24) is 9.80 Å². The van der Waals surface area contributed by atoms with Crippen LogP contribution in [0.15, 0.2) is 24.3 Å². The van der Waals surface area contributed by atoms with Crippen LogP contribution < -0.4 is 0 Å². The summed E-state index contributed by atoms with van der Waals surface area (Å²) < 4.78 is 12.8. The molecule has 0 aliphatic carbocycles. The van der Waals surface area contributed by atoms with E-state index in [9.17, 15) is 9.65 Å². The van der Waals surface area contributed by atoms with Crippen molar-refractivity contribution in [3.05, 3.63) is 35.6 Å². The fraction of sp³-hybridized carbons (Fsp3) is 0.462. The first kappa shape index (κ1) is 13.6. The zero-order valence-corrected chi connectivity index (χ0v) is 10.5. The fourth-order valence-electron chi connectivity index (χ4n) is 1.56. The summed E-state index contributed by atoms with van der Waals surface area (Å²) >= 11 is 0. The first-order valence-electron chi connectivity index (χ1n) is 5.54. The van der Waals surface area contributed by atoms with E-state index in [1.165, 1.54) is 12.1 Å². The van der Waals surface area contributed by atoms with Crippen molar-refractivity contribution >= 4 is 0 Å². The molecule has 1 aromatic rings. The Kier molecular flexibility index (Phi) is 5.08. The largest absolute Gasteiger partial charge is 0.308 e. The van der Waals surface area contributed by atoms with Crippen molar-refractivity contribution in [2.24, 2.45) is 0 Å². The van der Waals surface area contributed by atoms with E-state index < -0.39 is 0 Å². The first-order chi connectivity index (χ1) is 8.04. The minimum atomic E-state index is -0.324. The van der Waals surface area contributed by atoms with Crippen LogP contribution in [0.4, 0.5) is 4.39 Å². The fourth-order valence-corrected chi connectivity index (χ4v) is 1.56. The van der Waals surface area contributed by atoms with Crippen LogP contribution in [-0.4, -0.2) is 44.0 Å². The van der Waals surface area contributed by atoms with Gasteiger partial charge in [-0.15, -0.1) is 0 Å². The number of halogens is 1. The predicted octanol–water partition coefficient (Wildman–Crippen LogP) is 1.88. The molecule has 0 radical (unpaired) electrons. The van der Waals surface area contributed by atoms with Crippen molar-refractivity contribution < 1.29 is 4.39 Å². The average molecular weight is 235 g/mol. The lowest BCUT2D eigenvalue weighted by Crippen LogP contribution is -2.31. The summed E-state index contributed by atoms with van der Waals surface area (Å²) in [5.74, 6) is -0.276. The molecule has 4 heteroatoms. The van der Waals surface area contributed by atoms with Gasteiger partial charge >= 0.3 is 0 Å². The van der Waals surface area contributed by atoms with Gasteiger partial charge in [0, 0.05) is 13.1 Å². The maximum Gasteiger partial charge on any atom is 0.123 e. The van der Waals surface area contributed by atoms with Crippen LogP contribution in [-0.2, 0) is 0 Å². The molecule has 0 bridgehead atoms. The lowest BCUT2D eigenvalue weighted by Gasteiger charge is -2.24. The molecular weight excluding hydrogens is 217 g/mol. The molecule has 1 rings (SSSR count). The number of hydrogen-bond donors (Lipinski definition) is 0. The molecule has 0 spiro atoms. The van der Waals surface area contributed by atoms with Crippen molar-refractivity contribution in [3.8, 4) is 6.07 Å². The topological polar surface area (TPSA) is 30.3 Å². The van der Waals surface area contributed by atoms with Crippen LogP contribution in [0.2, 0.25) is 0 Å². The molecule has 1 unspecified atom stereocenters. The van der Waals surface area contributed by atoms with Crippen LogP contribution in [0.25, 0.3) is 0 Å². The van der Waals surface area contributed by atoms with E-state index in [1.807, 2.05) is 26.0 Å². The van der Waals surface area contributed by atoms with Crippen molar-refractivity contribution in [1.29, 1.82) is 5.26 Å². The highest BCUT2D eigenvalue weighted by atomic mass is 19.1. The number of nitrogens with zero attached hydrogens (tertiary/aromatic N) is 3. The highest BCUT2D eigenvalue weighted by Crippen LogP contribution is 2.18. The van der Waals surface area contributed by atoms with Crippen LogP contribution in [0.3, 0.4) is 0 Å². The van der Waals surface area contributed by atoms with Gasteiger partial charge in [0.25, 0.3) is 0 Å². The van der Waals surface area contributed by atoms with Gasteiger partial charge in [0.15, 0.2) is 0 Å². The zero-order chi connectivity index (χ0) is 12.8. The lowest BCUT2D eigenvalue weighted by atomic mass is 10.1. The monoisotopic (exact) mass is 235 g/mol. The third-order valence-corrected chi connectivity index (χ3v) is 2.65. The Morgan fingerprint density at radius 1 is 1.18 bits per heavy atom. The number of rotatable bonds is 5. The second-order valence-electron chi connectivity index (χ2n) is 4.37. The normalized spacial score (nSPS) is 12.8. The van der Waals surface area contributed by atoms with Crippen LogP contribution in [0.1, 0.15) is 11.6 Å². The van der Waals surface area contributed by atoms with Crippen molar-refractivity contribution in [2.75, 3.05) is 34.2 Å². The van der Waals surface area contributed by atoms with E-state index in [0.29, 0.717) is 0 Å². The number of likely N-dealkylation sites (N-methyl/N-ethyl adjacent to an activating group) is 2. The third-order valence-electron chi connectivity index (χ3n) is 2.65. The van der Waals surface area contributed by atoms with E-state index >= 15 is 0 Å². The van der Waals surface area contributed by atoms with Crippen molar-refractivity contribution in [3.63, 3.8) is 0 Å². The van der Waals surface area contributed by atoms with Gasteiger partial charge in [0.2, 0.25) is 0 Å². The maximum absolute atomic E-state index is 12.8. The Labute approximate surface area is 102 Å².